The summed E-state index contributed by atoms with van der Waals surface area (Å²) in [5.74, 6) is 0.488. The molecule has 1 heterocycles. The van der Waals surface area contributed by atoms with Crippen molar-refractivity contribution in [1.29, 1.82) is 0 Å². The number of aliphatic hydroxyl groups excluding tert-OH is 1. The standard InChI is InChI=1S/C14H17NO4/c16-9-11-1-3-13(4-2-11)19-10-14(18)15-7-5-12(17)6-8-15/h1-4,9,12,17H,5-8,10H2. The molecule has 5 heteroatoms. The third-order valence-electron chi connectivity index (χ3n) is 3.20. The van der Waals surface area contributed by atoms with E-state index in [2.05, 4.69) is 0 Å². The predicted molar refractivity (Wildman–Crippen MR) is 69.1 cm³/mol. The SMILES string of the molecule is O=Cc1ccc(OCC(=O)N2CCC(O)CC2)cc1. The summed E-state index contributed by atoms with van der Waals surface area (Å²) in [6, 6.07) is 6.61. The van der Waals surface area contributed by atoms with Crippen LogP contribution in [0, 0.1) is 0 Å². The van der Waals surface area contributed by atoms with Gasteiger partial charge in [0.2, 0.25) is 0 Å². The Morgan fingerprint density at radius 2 is 1.95 bits per heavy atom. The zero-order chi connectivity index (χ0) is 13.7. The Morgan fingerprint density at radius 3 is 2.53 bits per heavy atom. The van der Waals surface area contributed by atoms with Crippen molar-refractivity contribution in [2.45, 2.75) is 18.9 Å². The molecule has 0 unspecified atom stereocenters. The van der Waals surface area contributed by atoms with Gasteiger partial charge in [-0.25, -0.2) is 0 Å². The van der Waals surface area contributed by atoms with E-state index < -0.39 is 0 Å². The van der Waals surface area contributed by atoms with Crippen molar-refractivity contribution in [3.63, 3.8) is 0 Å². The molecule has 102 valence electrons. The van der Waals surface area contributed by atoms with Crippen LogP contribution >= 0.6 is 0 Å². The van der Waals surface area contributed by atoms with Crippen molar-refractivity contribution in [3.05, 3.63) is 29.8 Å². The second kappa shape index (κ2) is 6.33. The van der Waals surface area contributed by atoms with Crippen LogP contribution in [0.1, 0.15) is 23.2 Å². The molecule has 1 amide bonds. The van der Waals surface area contributed by atoms with Crippen molar-refractivity contribution in [2.75, 3.05) is 19.7 Å². The Morgan fingerprint density at radius 1 is 1.32 bits per heavy atom. The van der Waals surface area contributed by atoms with E-state index in [1.54, 1.807) is 29.2 Å². The second-order valence-electron chi connectivity index (χ2n) is 4.59. The number of carbonyl (C=O) groups excluding carboxylic acids is 2. The molecule has 0 saturated carbocycles. The van der Waals surface area contributed by atoms with Crippen molar-refractivity contribution in [2.24, 2.45) is 0 Å². The molecule has 0 aliphatic carbocycles. The van der Waals surface area contributed by atoms with Gasteiger partial charge in [0.15, 0.2) is 6.61 Å². The zero-order valence-electron chi connectivity index (χ0n) is 10.6. The number of aldehydes is 1. The number of piperidine rings is 1. The van der Waals surface area contributed by atoms with Crippen molar-refractivity contribution >= 4 is 12.2 Å². The van der Waals surface area contributed by atoms with Crippen LogP contribution in [0.25, 0.3) is 0 Å². The molecule has 1 aliphatic rings. The maximum absolute atomic E-state index is 11.9. The smallest absolute Gasteiger partial charge is 0.260 e. The van der Waals surface area contributed by atoms with Gasteiger partial charge in [0.05, 0.1) is 6.10 Å². The normalized spacial score (nSPS) is 16.2. The maximum atomic E-state index is 11.9. The van der Waals surface area contributed by atoms with Crippen LogP contribution in [-0.4, -0.2) is 48.0 Å². The Bertz CT molecular complexity index is 435. The van der Waals surface area contributed by atoms with E-state index in [4.69, 9.17) is 4.74 Å². The van der Waals surface area contributed by atoms with Gasteiger partial charge < -0.3 is 14.7 Å². The number of ether oxygens (including phenoxy) is 1. The molecule has 5 nitrogen and oxygen atoms in total. The van der Waals surface area contributed by atoms with E-state index >= 15 is 0 Å². The summed E-state index contributed by atoms with van der Waals surface area (Å²) in [7, 11) is 0. The summed E-state index contributed by atoms with van der Waals surface area (Å²) in [6.07, 6.45) is 1.72. The van der Waals surface area contributed by atoms with Gasteiger partial charge in [-0.3, -0.25) is 9.59 Å². The number of rotatable bonds is 4. The molecule has 1 aliphatic heterocycles. The van der Waals surface area contributed by atoms with E-state index in [-0.39, 0.29) is 18.6 Å². The van der Waals surface area contributed by atoms with E-state index in [1.807, 2.05) is 0 Å². The predicted octanol–water partition coefficient (Wildman–Crippen LogP) is 0.861. The number of benzene rings is 1. The van der Waals surface area contributed by atoms with E-state index in [0.29, 0.717) is 37.2 Å². The topological polar surface area (TPSA) is 66.8 Å². The van der Waals surface area contributed by atoms with Crippen LogP contribution in [0.3, 0.4) is 0 Å². The highest BCUT2D eigenvalue weighted by molar-refractivity contribution is 5.78. The van der Waals surface area contributed by atoms with Crippen LogP contribution in [0.15, 0.2) is 24.3 Å². The Labute approximate surface area is 111 Å². The maximum Gasteiger partial charge on any atom is 0.260 e. The molecule has 1 saturated heterocycles. The van der Waals surface area contributed by atoms with Crippen molar-refractivity contribution in [1.82, 2.24) is 4.90 Å². The molecule has 1 N–H and O–H groups in total. The minimum atomic E-state index is -0.291. The molecule has 1 aromatic carbocycles. The highest BCUT2D eigenvalue weighted by Crippen LogP contribution is 2.13. The quantitative estimate of drug-likeness (QED) is 0.818. The summed E-state index contributed by atoms with van der Waals surface area (Å²) in [5.41, 5.74) is 0.573. The van der Waals surface area contributed by atoms with E-state index in [0.717, 1.165) is 6.29 Å². The molecule has 0 spiro atoms. The van der Waals surface area contributed by atoms with Crippen LogP contribution < -0.4 is 4.74 Å². The van der Waals surface area contributed by atoms with Gasteiger partial charge in [-0.2, -0.15) is 0 Å². The molecule has 0 bridgehead atoms. The minimum Gasteiger partial charge on any atom is -0.484 e. The number of aliphatic hydroxyl groups is 1. The summed E-state index contributed by atoms with van der Waals surface area (Å²) < 4.78 is 5.38. The molecular weight excluding hydrogens is 246 g/mol. The summed E-state index contributed by atoms with van der Waals surface area (Å²) in [5, 5.41) is 9.37. The van der Waals surface area contributed by atoms with E-state index in [9.17, 15) is 14.7 Å². The summed E-state index contributed by atoms with van der Waals surface area (Å²) in [6.45, 7) is 1.14. The van der Waals surface area contributed by atoms with Gasteiger partial charge in [0.1, 0.15) is 12.0 Å². The lowest BCUT2D eigenvalue weighted by molar-refractivity contribution is -0.135. The Kier molecular flexibility index (Phi) is 4.52. The lowest BCUT2D eigenvalue weighted by Gasteiger charge is -2.29. The summed E-state index contributed by atoms with van der Waals surface area (Å²) >= 11 is 0. The number of hydrogen-bond donors (Lipinski definition) is 1. The van der Waals surface area contributed by atoms with Gasteiger partial charge in [0.25, 0.3) is 5.91 Å². The lowest BCUT2D eigenvalue weighted by Crippen LogP contribution is -2.42. The number of carbonyl (C=O) groups is 2. The largest absolute Gasteiger partial charge is 0.484 e. The fourth-order valence-electron chi connectivity index (χ4n) is 1.99. The molecule has 0 radical (unpaired) electrons. The van der Waals surface area contributed by atoms with Crippen LogP contribution in [0.2, 0.25) is 0 Å². The Hall–Kier alpha value is -1.88. The molecule has 19 heavy (non-hydrogen) atoms. The third-order valence-corrected chi connectivity index (χ3v) is 3.20. The van der Waals surface area contributed by atoms with Gasteiger partial charge in [-0.1, -0.05) is 0 Å². The van der Waals surface area contributed by atoms with Gasteiger partial charge in [0, 0.05) is 18.7 Å². The monoisotopic (exact) mass is 263 g/mol. The van der Waals surface area contributed by atoms with Crippen LogP contribution in [-0.2, 0) is 4.79 Å². The molecule has 1 aromatic rings. The van der Waals surface area contributed by atoms with Crippen LogP contribution in [0.5, 0.6) is 5.75 Å². The lowest BCUT2D eigenvalue weighted by atomic mass is 10.1. The molecule has 0 atom stereocenters. The molecule has 0 aromatic heterocycles. The van der Waals surface area contributed by atoms with E-state index in [1.165, 1.54) is 0 Å². The Balaban J connectivity index is 1.80. The summed E-state index contributed by atoms with van der Waals surface area (Å²) in [4.78, 5) is 24.1. The van der Waals surface area contributed by atoms with Gasteiger partial charge >= 0.3 is 0 Å². The first-order valence-electron chi connectivity index (χ1n) is 6.33. The molecule has 1 fully saturated rings. The fourth-order valence-corrected chi connectivity index (χ4v) is 1.99. The highest BCUT2D eigenvalue weighted by Gasteiger charge is 2.21. The molecule has 2 rings (SSSR count). The first-order valence-corrected chi connectivity index (χ1v) is 6.33. The van der Waals surface area contributed by atoms with Gasteiger partial charge in [-0.15, -0.1) is 0 Å². The zero-order valence-corrected chi connectivity index (χ0v) is 10.6. The van der Waals surface area contributed by atoms with Crippen molar-refractivity contribution < 1.29 is 19.4 Å². The second-order valence-corrected chi connectivity index (χ2v) is 4.59. The number of amides is 1. The number of nitrogens with zero attached hydrogens (tertiary/aromatic N) is 1. The highest BCUT2D eigenvalue weighted by atomic mass is 16.5. The first-order chi connectivity index (χ1) is 9.19. The molecular formula is C14H17NO4. The average molecular weight is 263 g/mol. The number of hydrogen-bond acceptors (Lipinski definition) is 4. The van der Waals surface area contributed by atoms with Gasteiger partial charge in [-0.05, 0) is 37.1 Å². The number of likely N-dealkylation sites (tertiary alicyclic amines) is 1. The van der Waals surface area contributed by atoms with Crippen LogP contribution in [0.4, 0.5) is 0 Å². The minimum absolute atomic E-state index is 0.0173. The first kappa shape index (κ1) is 13.5. The van der Waals surface area contributed by atoms with Crippen molar-refractivity contribution in [3.8, 4) is 5.75 Å². The third kappa shape index (κ3) is 3.79. The fraction of sp³-hybridized carbons (Fsp3) is 0.429. The average Bonchev–Trinajstić information content (AvgIpc) is 2.46.